The number of benzene rings is 3. The van der Waals surface area contributed by atoms with Gasteiger partial charge in [-0.15, -0.1) is 6.58 Å². The Morgan fingerprint density at radius 2 is 1.80 bits per heavy atom. The summed E-state index contributed by atoms with van der Waals surface area (Å²) in [5, 5.41) is 1.58. The average molecular weight is 598 g/mol. The van der Waals surface area contributed by atoms with Crippen LogP contribution in [0.4, 0.5) is 5.69 Å². The molecule has 0 atom stereocenters. The number of carbonyl (C=O) groups is 1. The Balaban J connectivity index is 1.65. The van der Waals surface area contributed by atoms with Crippen molar-refractivity contribution in [3.63, 3.8) is 0 Å². The number of amidine groups is 1. The molecule has 208 valence electrons. The Bertz CT molecular complexity index is 1450. The van der Waals surface area contributed by atoms with Crippen molar-refractivity contribution in [1.82, 2.24) is 4.90 Å². The molecule has 1 amide bonds. The highest BCUT2D eigenvalue weighted by Crippen LogP contribution is 2.38. The van der Waals surface area contributed by atoms with Gasteiger partial charge in [-0.2, -0.15) is 0 Å². The minimum absolute atomic E-state index is 0.0945. The molecule has 1 saturated heterocycles. The van der Waals surface area contributed by atoms with Crippen LogP contribution in [0.3, 0.4) is 0 Å². The van der Waals surface area contributed by atoms with E-state index in [1.54, 1.807) is 24.1 Å². The Kier molecular flexibility index (Phi) is 10.2. The van der Waals surface area contributed by atoms with Crippen LogP contribution in [0.5, 0.6) is 17.2 Å². The maximum Gasteiger partial charge on any atom is 0.266 e. The van der Waals surface area contributed by atoms with Gasteiger partial charge in [0.1, 0.15) is 12.4 Å². The number of likely N-dealkylation sites (N-methyl/N-ethyl adjacent to an activating group) is 1. The van der Waals surface area contributed by atoms with Crippen molar-refractivity contribution in [3.8, 4) is 17.2 Å². The van der Waals surface area contributed by atoms with Crippen molar-refractivity contribution >= 4 is 57.8 Å². The maximum absolute atomic E-state index is 13.3. The zero-order valence-electron chi connectivity index (χ0n) is 22.6. The van der Waals surface area contributed by atoms with E-state index in [4.69, 9.17) is 42.4 Å². The van der Waals surface area contributed by atoms with Crippen LogP contribution < -0.4 is 14.2 Å². The number of halogens is 2. The summed E-state index contributed by atoms with van der Waals surface area (Å²) in [5.41, 5.74) is 3.33. The molecular formula is C31H30Cl2N2O4S. The van der Waals surface area contributed by atoms with Gasteiger partial charge in [0.25, 0.3) is 5.91 Å². The lowest BCUT2D eigenvalue weighted by Gasteiger charge is -2.17. The van der Waals surface area contributed by atoms with Gasteiger partial charge >= 0.3 is 0 Å². The van der Waals surface area contributed by atoms with Gasteiger partial charge in [0, 0.05) is 12.1 Å². The summed E-state index contributed by atoms with van der Waals surface area (Å²) in [6.45, 7) is 8.99. The highest BCUT2D eigenvalue weighted by atomic mass is 35.5. The minimum atomic E-state index is -0.0945. The van der Waals surface area contributed by atoms with E-state index in [0.717, 1.165) is 28.1 Å². The zero-order chi connectivity index (χ0) is 28.6. The lowest BCUT2D eigenvalue weighted by Crippen LogP contribution is -2.28. The highest BCUT2D eigenvalue weighted by Gasteiger charge is 2.32. The van der Waals surface area contributed by atoms with Gasteiger partial charge in [0.2, 0.25) is 0 Å². The first kappa shape index (κ1) is 29.6. The van der Waals surface area contributed by atoms with Crippen LogP contribution in [-0.2, 0) is 17.8 Å². The third-order valence-electron chi connectivity index (χ3n) is 5.98. The molecule has 0 radical (unpaired) electrons. The van der Waals surface area contributed by atoms with Gasteiger partial charge in [-0.25, -0.2) is 4.99 Å². The monoisotopic (exact) mass is 596 g/mol. The second kappa shape index (κ2) is 13.8. The number of allylic oxidation sites excluding steroid dienone is 1. The van der Waals surface area contributed by atoms with E-state index >= 15 is 0 Å². The Morgan fingerprint density at radius 1 is 1.02 bits per heavy atom. The summed E-state index contributed by atoms with van der Waals surface area (Å²) in [6, 6.07) is 16.7. The van der Waals surface area contributed by atoms with Gasteiger partial charge in [0.05, 0.1) is 34.4 Å². The summed E-state index contributed by atoms with van der Waals surface area (Å²) < 4.78 is 17.4. The lowest BCUT2D eigenvalue weighted by molar-refractivity contribution is -0.122. The molecule has 3 aromatic rings. The summed E-state index contributed by atoms with van der Waals surface area (Å²) >= 11 is 13.6. The fraction of sp³-hybridized carbons (Fsp3) is 0.226. The number of methoxy groups -OCH3 is 1. The molecule has 9 heteroatoms. The van der Waals surface area contributed by atoms with Crippen LogP contribution in [0.1, 0.15) is 30.5 Å². The predicted octanol–water partition coefficient (Wildman–Crippen LogP) is 8.33. The number of hydrogen-bond acceptors (Lipinski definition) is 6. The quantitative estimate of drug-likeness (QED) is 0.164. The van der Waals surface area contributed by atoms with Crippen LogP contribution >= 0.6 is 35.0 Å². The van der Waals surface area contributed by atoms with Crippen molar-refractivity contribution in [3.05, 3.63) is 98.9 Å². The Hall–Kier alpha value is -3.39. The second-order valence-electron chi connectivity index (χ2n) is 8.72. The van der Waals surface area contributed by atoms with Gasteiger partial charge in [-0.1, -0.05) is 35.3 Å². The SMILES string of the molecule is C=CCc1cc(/C=C2/SC(=Nc3ccc(OC)cc3)N(CC)C2=O)cc(OCC)c1OCc1ccc(Cl)c(Cl)c1. The first-order chi connectivity index (χ1) is 19.4. The first-order valence-electron chi connectivity index (χ1n) is 12.8. The number of nitrogens with zero attached hydrogens (tertiary/aromatic N) is 2. The number of ether oxygens (including phenoxy) is 3. The molecule has 0 saturated carbocycles. The molecule has 1 aliphatic rings. The molecule has 1 heterocycles. The maximum atomic E-state index is 13.3. The standard InChI is InChI=1S/C31H30Cl2N2O4S/c1-5-8-22-15-21(17-27(38-7-3)29(22)39-19-20-9-14-25(32)26(33)16-20)18-28-30(36)35(6-2)31(40-28)34-23-10-12-24(37-4)13-11-23/h5,9-18H,1,6-8,19H2,2-4H3/b28-18+,34-31?. The molecule has 0 N–H and O–H groups in total. The van der Waals surface area contributed by atoms with E-state index in [1.165, 1.54) is 11.8 Å². The molecule has 1 fully saturated rings. The normalized spacial score (nSPS) is 15.1. The number of hydrogen-bond donors (Lipinski definition) is 0. The molecule has 40 heavy (non-hydrogen) atoms. The number of aliphatic imine (C=N–C) groups is 1. The first-order valence-corrected chi connectivity index (χ1v) is 14.4. The second-order valence-corrected chi connectivity index (χ2v) is 10.5. The van der Waals surface area contributed by atoms with E-state index in [-0.39, 0.29) is 12.5 Å². The van der Waals surface area contributed by atoms with Crippen LogP contribution in [-0.4, -0.2) is 36.2 Å². The van der Waals surface area contributed by atoms with E-state index in [1.807, 2.05) is 68.5 Å². The molecule has 3 aromatic carbocycles. The van der Waals surface area contributed by atoms with Crippen molar-refractivity contribution in [2.75, 3.05) is 20.3 Å². The van der Waals surface area contributed by atoms with E-state index < -0.39 is 0 Å². The number of amides is 1. The molecule has 0 bridgehead atoms. The third-order valence-corrected chi connectivity index (χ3v) is 7.73. The zero-order valence-corrected chi connectivity index (χ0v) is 24.9. The minimum Gasteiger partial charge on any atom is -0.497 e. The topological polar surface area (TPSA) is 60.4 Å². The summed E-state index contributed by atoms with van der Waals surface area (Å²) in [5.74, 6) is 1.86. The Labute approximate surface area is 249 Å². The molecular weight excluding hydrogens is 567 g/mol. The predicted molar refractivity (Wildman–Crippen MR) is 165 cm³/mol. The number of rotatable bonds is 11. The van der Waals surface area contributed by atoms with Crippen LogP contribution in [0.2, 0.25) is 10.0 Å². The van der Waals surface area contributed by atoms with Crippen molar-refractivity contribution in [2.24, 2.45) is 4.99 Å². The molecule has 0 unspecified atom stereocenters. The van der Waals surface area contributed by atoms with Crippen molar-refractivity contribution in [2.45, 2.75) is 26.9 Å². The number of carbonyl (C=O) groups excluding carboxylic acids is 1. The Morgan fingerprint density at radius 3 is 2.45 bits per heavy atom. The molecule has 0 spiro atoms. The van der Waals surface area contributed by atoms with Gasteiger partial charge < -0.3 is 14.2 Å². The smallest absolute Gasteiger partial charge is 0.266 e. The van der Waals surface area contributed by atoms with Crippen LogP contribution in [0.25, 0.3) is 6.08 Å². The summed E-state index contributed by atoms with van der Waals surface area (Å²) in [4.78, 5) is 20.2. The fourth-order valence-electron chi connectivity index (χ4n) is 4.07. The van der Waals surface area contributed by atoms with Gasteiger partial charge in [-0.05, 0) is 97.8 Å². The van der Waals surface area contributed by atoms with Gasteiger partial charge in [-0.3, -0.25) is 9.69 Å². The van der Waals surface area contributed by atoms with Crippen molar-refractivity contribution in [1.29, 1.82) is 0 Å². The van der Waals surface area contributed by atoms with E-state index in [2.05, 4.69) is 6.58 Å². The molecule has 4 rings (SSSR count). The van der Waals surface area contributed by atoms with Crippen molar-refractivity contribution < 1.29 is 19.0 Å². The molecule has 6 nitrogen and oxygen atoms in total. The third kappa shape index (κ3) is 7.02. The van der Waals surface area contributed by atoms with Crippen LogP contribution in [0.15, 0.2) is 77.1 Å². The van der Waals surface area contributed by atoms with Crippen LogP contribution in [0, 0.1) is 0 Å². The highest BCUT2D eigenvalue weighted by molar-refractivity contribution is 8.18. The van der Waals surface area contributed by atoms with Gasteiger partial charge in [0.15, 0.2) is 16.7 Å². The number of thioether (sulfide) groups is 1. The van der Waals surface area contributed by atoms with E-state index in [9.17, 15) is 4.79 Å². The molecule has 0 aliphatic carbocycles. The molecule has 1 aliphatic heterocycles. The van der Waals surface area contributed by atoms with E-state index in [0.29, 0.717) is 51.2 Å². The summed E-state index contributed by atoms with van der Waals surface area (Å²) in [7, 11) is 1.62. The summed E-state index contributed by atoms with van der Waals surface area (Å²) in [6.07, 6.45) is 4.23. The average Bonchev–Trinajstić information content (AvgIpc) is 3.24. The largest absolute Gasteiger partial charge is 0.497 e. The lowest BCUT2D eigenvalue weighted by atomic mass is 10.0. The molecule has 0 aromatic heterocycles. The fourth-order valence-corrected chi connectivity index (χ4v) is 5.46.